The number of carboxylic acid groups (broad SMARTS) is 1. The molecule has 1 aromatic rings. The van der Waals surface area contributed by atoms with E-state index in [0.717, 1.165) is 5.69 Å². The molecule has 0 radical (unpaired) electrons. The van der Waals surface area contributed by atoms with Crippen molar-refractivity contribution in [1.82, 2.24) is 9.78 Å². The average Bonchev–Trinajstić information content (AvgIpc) is 2.34. The van der Waals surface area contributed by atoms with Crippen LogP contribution in [0.5, 0.6) is 0 Å². The molecule has 1 heterocycles. The SMILES string of the molecule is CNc1cnn(CC(=O)O)c1. The first-order valence-electron chi connectivity index (χ1n) is 3.14. The molecular weight excluding hydrogens is 146 g/mol. The molecule has 0 fully saturated rings. The van der Waals surface area contributed by atoms with Gasteiger partial charge in [-0.1, -0.05) is 0 Å². The van der Waals surface area contributed by atoms with Gasteiger partial charge in [0.05, 0.1) is 11.9 Å². The standard InChI is InChI=1S/C6H9N3O2/c1-7-5-2-8-9(3-5)4-6(10)11/h2-3,7H,4H2,1H3,(H,10,11). The lowest BCUT2D eigenvalue weighted by atomic mass is 10.6. The van der Waals surface area contributed by atoms with Gasteiger partial charge in [-0.05, 0) is 0 Å². The molecule has 2 N–H and O–H groups in total. The van der Waals surface area contributed by atoms with Gasteiger partial charge in [0, 0.05) is 13.2 Å². The quantitative estimate of drug-likeness (QED) is 0.645. The largest absolute Gasteiger partial charge is 0.480 e. The second-order valence-corrected chi connectivity index (χ2v) is 2.07. The molecule has 0 aliphatic carbocycles. The third-order valence-corrected chi connectivity index (χ3v) is 1.22. The van der Waals surface area contributed by atoms with E-state index in [4.69, 9.17) is 5.11 Å². The number of carbonyl (C=O) groups is 1. The van der Waals surface area contributed by atoms with E-state index >= 15 is 0 Å². The van der Waals surface area contributed by atoms with Gasteiger partial charge in [0.25, 0.3) is 0 Å². The van der Waals surface area contributed by atoms with E-state index in [1.54, 1.807) is 19.4 Å². The maximum Gasteiger partial charge on any atom is 0.325 e. The minimum absolute atomic E-state index is 0.0956. The first-order valence-corrected chi connectivity index (χ1v) is 3.14. The first-order chi connectivity index (χ1) is 5.22. The molecule has 0 aliphatic rings. The van der Waals surface area contributed by atoms with Crippen molar-refractivity contribution in [3.05, 3.63) is 12.4 Å². The van der Waals surface area contributed by atoms with E-state index in [1.165, 1.54) is 4.68 Å². The molecule has 0 aliphatic heterocycles. The number of carboxylic acids is 1. The van der Waals surface area contributed by atoms with Crippen molar-refractivity contribution in [3.8, 4) is 0 Å². The van der Waals surface area contributed by atoms with E-state index in [-0.39, 0.29) is 6.54 Å². The number of hydrogen-bond acceptors (Lipinski definition) is 3. The van der Waals surface area contributed by atoms with Gasteiger partial charge in [0.1, 0.15) is 6.54 Å². The highest BCUT2D eigenvalue weighted by atomic mass is 16.4. The third kappa shape index (κ3) is 1.96. The van der Waals surface area contributed by atoms with Crippen LogP contribution in [-0.4, -0.2) is 27.9 Å². The Morgan fingerprint density at radius 2 is 2.64 bits per heavy atom. The van der Waals surface area contributed by atoms with Crippen LogP contribution in [0.1, 0.15) is 0 Å². The zero-order chi connectivity index (χ0) is 8.27. The van der Waals surface area contributed by atoms with Gasteiger partial charge in [-0.3, -0.25) is 9.48 Å². The van der Waals surface area contributed by atoms with E-state index < -0.39 is 5.97 Å². The maximum atomic E-state index is 10.2. The highest BCUT2D eigenvalue weighted by Gasteiger charge is 1.99. The average molecular weight is 155 g/mol. The fourth-order valence-electron chi connectivity index (χ4n) is 0.718. The van der Waals surface area contributed by atoms with Crippen LogP contribution in [-0.2, 0) is 11.3 Å². The van der Waals surface area contributed by atoms with Crippen LogP contribution >= 0.6 is 0 Å². The molecule has 0 amide bonds. The number of anilines is 1. The first kappa shape index (κ1) is 7.59. The Hall–Kier alpha value is -1.52. The second-order valence-electron chi connectivity index (χ2n) is 2.07. The highest BCUT2D eigenvalue weighted by Crippen LogP contribution is 2.01. The molecule has 5 heteroatoms. The summed E-state index contributed by atoms with van der Waals surface area (Å²) in [4.78, 5) is 10.2. The topological polar surface area (TPSA) is 67.2 Å². The Morgan fingerprint density at radius 1 is 1.91 bits per heavy atom. The summed E-state index contributed by atoms with van der Waals surface area (Å²) >= 11 is 0. The number of aliphatic carboxylic acids is 1. The Balaban J connectivity index is 2.65. The monoisotopic (exact) mass is 155 g/mol. The Labute approximate surface area is 63.6 Å². The van der Waals surface area contributed by atoms with Crippen LogP contribution in [0.25, 0.3) is 0 Å². The summed E-state index contributed by atoms with van der Waals surface area (Å²) in [5, 5.41) is 15.0. The molecule has 5 nitrogen and oxygen atoms in total. The summed E-state index contributed by atoms with van der Waals surface area (Å²) in [5.74, 6) is -0.893. The summed E-state index contributed by atoms with van der Waals surface area (Å²) in [5.41, 5.74) is 0.811. The van der Waals surface area contributed by atoms with Gasteiger partial charge in [0.2, 0.25) is 0 Å². The predicted octanol–water partition coefficient (Wildman–Crippen LogP) is 0.00940. The maximum absolute atomic E-state index is 10.2. The van der Waals surface area contributed by atoms with Crippen molar-refractivity contribution < 1.29 is 9.90 Å². The lowest BCUT2D eigenvalue weighted by Crippen LogP contribution is -2.08. The highest BCUT2D eigenvalue weighted by molar-refractivity contribution is 5.66. The van der Waals surface area contributed by atoms with E-state index in [9.17, 15) is 4.79 Å². The van der Waals surface area contributed by atoms with Crippen LogP contribution in [0.3, 0.4) is 0 Å². The van der Waals surface area contributed by atoms with Crippen molar-refractivity contribution >= 4 is 11.7 Å². The Morgan fingerprint density at radius 3 is 3.09 bits per heavy atom. The van der Waals surface area contributed by atoms with Gasteiger partial charge >= 0.3 is 5.97 Å². The number of hydrogen-bond donors (Lipinski definition) is 2. The van der Waals surface area contributed by atoms with Crippen molar-refractivity contribution in [3.63, 3.8) is 0 Å². The van der Waals surface area contributed by atoms with Crippen LogP contribution in [0.4, 0.5) is 5.69 Å². The molecule has 0 aromatic carbocycles. The lowest BCUT2D eigenvalue weighted by Gasteiger charge is -1.93. The van der Waals surface area contributed by atoms with Crippen molar-refractivity contribution in [2.45, 2.75) is 6.54 Å². The number of nitrogens with zero attached hydrogens (tertiary/aromatic N) is 2. The molecule has 0 spiro atoms. The Bertz CT molecular complexity index is 256. The lowest BCUT2D eigenvalue weighted by molar-refractivity contribution is -0.137. The van der Waals surface area contributed by atoms with Gasteiger partial charge in [-0.15, -0.1) is 0 Å². The van der Waals surface area contributed by atoms with Crippen LogP contribution in [0.15, 0.2) is 12.4 Å². The van der Waals surface area contributed by atoms with Crippen molar-refractivity contribution in [2.75, 3.05) is 12.4 Å². The predicted molar refractivity (Wildman–Crippen MR) is 39.4 cm³/mol. The van der Waals surface area contributed by atoms with Crippen LogP contribution in [0.2, 0.25) is 0 Å². The molecule has 0 unspecified atom stereocenters. The van der Waals surface area contributed by atoms with Gasteiger partial charge in [-0.2, -0.15) is 5.10 Å². The summed E-state index contributed by atoms with van der Waals surface area (Å²) in [6.45, 7) is -0.0956. The van der Waals surface area contributed by atoms with Gasteiger partial charge in [-0.25, -0.2) is 0 Å². The summed E-state index contributed by atoms with van der Waals surface area (Å²) in [6, 6.07) is 0. The molecule has 0 saturated heterocycles. The normalized spacial score (nSPS) is 9.55. The van der Waals surface area contributed by atoms with E-state index in [2.05, 4.69) is 10.4 Å². The molecular formula is C6H9N3O2. The van der Waals surface area contributed by atoms with Gasteiger partial charge < -0.3 is 10.4 Å². The molecule has 11 heavy (non-hydrogen) atoms. The molecule has 0 bridgehead atoms. The fraction of sp³-hybridized carbons (Fsp3) is 0.333. The molecule has 1 aromatic heterocycles. The molecule has 1 rings (SSSR count). The molecule has 60 valence electrons. The minimum atomic E-state index is -0.893. The Kier molecular flexibility index (Phi) is 2.10. The number of aromatic nitrogens is 2. The van der Waals surface area contributed by atoms with Crippen LogP contribution in [0, 0.1) is 0 Å². The van der Waals surface area contributed by atoms with E-state index in [0.29, 0.717) is 0 Å². The van der Waals surface area contributed by atoms with Crippen molar-refractivity contribution in [1.29, 1.82) is 0 Å². The third-order valence-electron chi connectivity index (χ3n) is 1.22. The smallest absolute Gasteiger partial charge is 0.325 e. The summed E-state index contributed by atoms with van der Waals surface area (Å²) in [7, 11) is 1.75. The zero-order valence-corrected chi connectivity index (χ0v) is 6.11. The van der Waals surface area contributed by atoms with Gasteiger partial charge in [0.15, 0.2) is 0 Å². The van der Waals surface area contributed by atoms with E-state index in [1.807, 2.05) is 0 Å². The number of rotatable bonds is 3. The fourth-order valence-corrected chi connectivity index (χ4v) is 0.718. The summed E-state index contributed by atoms with van der Waals surface area (Å²) < 4.78 is 1.36. The van der Waals surface area contributed by atoms with Crippen molar-refractivity contribution in [2.24, 2.45) is 0 Å². The molecule has 0 atom stereocenters. The number of nitrogens with one attached hydrogen (secondary N) is 1. The zero-order valence-electron chi connectivity index (χ0n) is 6.11. The molecule has 0 saturated carbocycles. The summed E-state index contributed by atoms with van der Waals surface area (Å²) in [6.07, 6.45) is 3.21. The van der Waals surface area contributed by atoms with Crippen LogP contribution < -0.4 is 5.32 Å². The minimum Gasteiger partial charge on any atom is -0.480 e. The second kappa shape index (κ2) is 3.05.